The molecule has 2 rings (SSSR count). The normalized spacial score (nSPS) is 11.2. The standard InChI is InChI=1S/C13H10F3N3O2/c1-7-17-5-4-9(18-7)12(21)19-10-6-8(13(14,15)16)2-3-11(10)20/h2-6,20H,1H3,(H,19,21). The van der Waals surface area contributed by atoms with E-state index >= 15 is 0 Å². The number of nitrogens with zero attached hydrogens (tertiary/aromatic N) is 2. The molecule has 0 saturated heterocycles. The molecule has 0 saturated carbocycles. The third kappa shape index (κ3) is 3.47. The number of halogens is 3. The summed E-state index contributed by atoms with van der Waals surface area (Å²) in [5, 5.41) is 11.7. The van der Waals surface area contributed by atoms with Crippen LogP contribution in [-0.2, 0) is 6.18 Å². The van der Waals surface area contributed by atoms with Crippen LogP contribution in [0.25, 0.3) is 0 Å². The summed E-state index contributed by atoms with van der Waals surface area (Å²) in [6.07, 6.45) is -3.22. The summed E-state index contributed by atoms with van der Waals surface area (Å²) in [5.74, 6) is -0.867. The highest BCUT2D eigenvalue weighted by Gasteiger charge is 2.31. The number of hydrogen-bond acceptors (Lipinski definition) is 4. The summed E-state index contributed by atoms with van der Waals surface area (Å²) >= 11 is 0. The number of aryl methyl sites for hydroxylation is 1. The van der Waals surface area contributed by atoms with Gasteiger partial charge in [-0.2, -0.15) is 13.2 Å². The maximum Gasteiger partial charge on any atom is 0.416 e. The summed E-state index contributed by atoms with van der Waals surface area (Å²) in [6.45, 7) is 1.57. The Balaban J connectivity index is 2.29. The van der Waals surface area contributed by atoms with Gasteiger partial charge >= 0.3 is 6.18 Å². The first-order chi connectivity index (χ1) is 9.77. The number of hydrogen-bond donors (Lipinski definition) is 2. The second-order valence-corrected chi connectivity index (χ2v) is 4.17. The number of alkyl halides is 3. The van der Waals surface area contributed by atoms with E-state index in [9.17, 15) is 23.1 Å². The molecule has 8 heteroatoms. The molecule has 0 radical (unpaired) electrons. The van der Waals surface area contributed by atoms with Crippen LogP contribution < -0.4 is 5.32 Å². The maximum atomic E-state index is 12.6. The molecule has 110 valence electrons. The molecule has 5 nitrogen and oxygen atoms in total. The Bertz CT molecular complexity index is 687. The number of aromatic nitrogens is 2. The van der Waals surface area contributed by atoms with E-state index < -0.39 is 23.4 Å². The minimum Gasteiger partial charge on any atom is -0.506 e. The van der Waals surface area contributed by atoms with Crippen LogP contribution in [0.3, 0.4) is 0 Å². The summed E-state index contributed by atoms with van der Waals surface area (Å²) in [5.41, 5.74) is -1.33. The summed E-state index contributed by atoms with van der Waals surface area (Å²) in [6, 6.07) is 3.55. The van der Waals surface area contributed by atoms with Crippen molar-refractivity contribution < 1.29 is 23.1 Å². The number of phenolic OH excluding ortho intramolecular Hbond substituents is 1. The molecule has 1 aromatic heterocycles. The van der Waals surface area contributed by atoms with Crippen LogP contribution in [0.5, 0.6) is 5.75 Å². The zero-order valence-electron chi connectivity index (χ0n) is 10.8. The van der Waals surface area contributed by atoms with E-state index in [4.69, 9.17) is 0 Å². The van der Waals surface area contributed by atoms with E-state index in [0.29, 0.717) is 11.9 Å². The Hall–Kier alpha value is -2.64. The molecule has 0 fully saturated rings. The Kier molecular flexibility index (Phi) is 3.79. The number of carbonyl (C=O) groups is 1. The fraction of sp³-hybridized carbons (Fsp3) is 0.154. The third-order valence-electron chi connectivity index (χ3n) is 2.58. The molecule has 0 atom stereocenters. The first kappa shape index (κ1) is 14.8. The van der Waals surface area contributed by atoms with Gasteiger partial charge in [0.25, 0.3) is 5.91 Å². The summed E-state index contributed by atoms with van der Waals surface area (Å²) in [4.78, 5) is 19.5. The Morgan fingerprint density at radius 3 is 2.62 bits per heavy atom. The highest BCUT2D eigenvalue weighted by Crippen LogP contribution is 2.34. The molecule has 0 spiro atoms. The number of anilines is 1. The number of amides is 1. The monoisotopic (exact) mass is 297 g/mol. The van der Waals surface area contributed by atoms with Crippen molar-refractivity contribution in [1.82, 2.24) is 9.97 Å². The number of nitrogens with one attached hydrogen (secondary N) is 1. The van der Waals surface area contributed by atoms with Crippen LogP contribution in [0.15, 0.2) is 30.5 Å². The third-order valence-corrected chi connectivity index (χ3v) is 2.58. The van der Waals surface area contributed by atoms with Crippen molar-refractivity contribution in [3.05, 3.63) is 47.5 Å². The summed E-state index contributed by atoms with van der Waals surface area (Å²) < 4.78 is 37.8. The van der Waals surface area contributed by atoms with Gasteiger partial charge in [0.2, 0.25) is 0 Å². The lowest BCUT2D eigenvalue weighted by Crippen LogP contribution is -2.15. The minimum absolute atomic E-state index is 0.0145. The van der Waals surface area contributed by atoms with Gasteiger partial charge in [-0.1, -0.05) is 0 Å². The fourth-order valence-corrected chi connectivity index (χ4v) is 1.58. The molecule has 21 heavy (non-hydrogen) atoms. The van der Waals surface area contributed by atoms with E-state index in [1.807, 2.05) is 0 Å². The Morgan fingerprint density at radius 1 is 1.29 bits per heavy atom. The molecule has 0 bridgehead atoms. The number of phenols is 1. The number of rotatable bonds is 2. The predicted molar refractivity (Wildman–Crippen MR) is 67.8 cm³/mol. The van der Waals surface area contributed by atoms with Crippen molar-refractivity contribution in [3.8, 4) is 5.75 Å². The van der Waals surface area contributed by atoms with Crippen LogP contribution >= 0.6 is 0 Å². The van der Waals surface area contributed by atoms with Crippen LogP contribution in [0, 0.1) is 6.92 Å². The lowest BCUT2D eigenvalue weighted by atomic mass is 10.1. The first-order valence-corrected chi connectivity index (χ1v) is 5.78. The molecule has 1 aromatic carbocycles. The van der Waals surface area contributed by atoms with Crippen molar-refractivity contribution in [2.75, 3.05) is 5.32 Å². The van der Waals surface area contributed by atoms with Crippen molar-refractivity contribution in [3.63, 3.8) is 0 Å². The molecule has 2 aromatic rings. The molecule has 0 unspecified atom stereocenters. The number of aromatic hydroxyl groups is 1. The van der Waals surface area contributed by atoms with Crippen molar-refractivity contribution in [1.29, 1.82) is 0 Å². The smallest absolute Gasteiger partial charge is 0.416 e. The molecule has 2 N–H and O–H groups in total. The van der Waals surface area contributed by atoms with Crippen LogP contribution in [-0.4, -0.2) is 21.0 Å². The van der Waals surface area contributed by atoms with Gasteiger partial charge in [-0.3, -0.25) is 4.79 Å². The van der Waals surface area contributed by atoms with Gasteiger partial charge < -0.3 is 10.4 Å². The van der Waals surface area contributed by atoms with E-state index in [1.54, 1.807) is 6.92 Å². The Labute approximate surface area is 117 Å². The molecule has 1 amide bonds. The van der Waals surface area contributed by atoms with E-state index in [-0.39, 0.29) is 11.4 Å². The van der Waals surface area contributed by atoms with Crippen molar-refractivity contribution in [2.24, 2.45) is 0 Å². The Morgan fingerprint density at radius 2 is 2.00 bits per heavy atom. The highest BCUT2D eigenvalue weighted by atomic mass is 19.4. The molecule has 0 aliphatic carbocycles. The van der Waals surface area contributed by atoms with Gasteiger partial charge in [-0.25, -0.2) is 9.97 Å². The average Bonchev–Trinajstić information content (AvgIpc) is 2.40. The van der Waals surface area contributed by atoms with Crippen LogP contribution in [0.2, 0.25) is 0 Å². The van der Waals surface area contributed by atoms with Gasteiger partial charge in [0.15, 0.2) is 0 Å². The SMILES string of the molecule is Cc1nccc(C(=O)Nc2cc(C(F)(F)F)ccc2O)n1. The zero-order chi connectivity index (χ0) is 15.6. The minimum atomic E-state index is -4.57. The molecule has 0 aliphatic rings. The van der Waals surface area contributed by atoms with Gasteiger partial charge in [-0.15, -0.1) is 0 Å². The molecular formula is C13H10F3N3O2. The first-order valence-electron chi connectivity index (χ1n) is 5.78. The van der Waals surface area contributed by atoms with E-state index in [2.05, 4.69) is 15.3 Å². The second kappa shape index (κ2) is 5.39. The van der Waals surface area contributed by atoms with Crippen molar-refractivity contribution in [2.45, 2.75) is 13.1 Å². The second-order valence-electron chi connectivity index (χ2n) is 4.17. The topological polar surface area (TPSA) is 75.1 Å². The van der Waals surface area contributed by atoms with E-state index in [0.717, 1.165) is 12.1 Å². The maximum absolute atomic E-state index is 12.6. The predicted octanol–water partition coefficient (Wildman–Crippen LogP) is 2.76. The van der Waals surface area contributed by atoms with Crippen LogP contribution in [0.4, 0.5) is 18.9 Å². The highest BCUT2D eigenvalue weighted by molar-refractivity contribution is 6.03. The largest absolute Gasteiger partial charge is 0.506 e. The molecular weight excluding hydrogens is 287 g/mol. The molecule has 0 aliphatic heterocycles. The molecule has 1 heterocycles. The van der Waals surface area contributed by atoms with Gasteiger partial charge in [0.1, 0.15) is 17.3 Å². The van der Waals surface area contributed by atoms with Gasteiger partial charge in [0.05, 0.1) is 11.3 Å². The average molecular weight is 297 g/mol. The number of benzene rings is 1. The van der Waals surface area contributed by atoms with Gasteiger partial charge in [-0.05, 0) is 31.2 Å². The fourth-order valence-electron chi connectivity index (χ4n) is 1.58. The van der Waals surface area contributed by atoms with Gasteiger partial charge in [0, 0.05) is 6.20 Å². The summed E-state index contributed by atoms with van der Waals surface area (Å²) in [7, 11) is 0. The number of carbonyl (C=O) groups excluding carboxylic acids is 1. The zero-order valence-corrected chi connectivity index (χ0v) is 10.8. The lowest BCUT2D eigenvalue weighted by Gasteiger charge is -2.11. The van der Waals surface area contributed by atoms with Crippen molar-refractivity contribution >= 4 is 11.6 Å². The quantitative estimate of drug-likeness (QED) is 0.836. The van der Waals surface area contributed by atoms with Crippen LogP contribution in [0.1, 0.15) is 21.9 Å². The van der Waals surface area contributed by atoms with E-state index in [1.165, 1.54) is 12.3 Å². The lowest BCUT2D eigenvalue weighted by molar-refractivity contribution is -0.137.